The van der Waals surface area contributed by atoms with Crippen LogP contribution < -0.4 is 20.1 Å². The van der Waals surface area contributed by atoms with Gasteiger partial charge < -0.3 is 20.1 Å². The molecule has 0 fully saturated rings. The molecule has 0 bridgehead atoms. The largest absolute Gasteiger partial charge is 0.454 e. The van der Waals surface area contributed by atoms with Gasteiger partial charge in [-0.15, -0.1) is 0 Å². The molecule has 114 valence electrons. The monoisotopic (exact) mass is 292 g/mol. The number of rotatable bonds is 6. The minimum atomic E-state index is -0.297. The summed E-state index contributed by atoms with van der Waals surface area (Å²) in [6.07, 6.45) is -0.155. The molecule has 2 amide bonds. The highest BCUT2D eigenvalue weighted by Gasteiger charge is 2.14. The van der Waals surface area contributed by atoms with E-state index in [0.717, 1.165) is 5.56 Å². The molecule has 6 heteroatoms. The lowest BCUT2D eigenvalue weighted by Gasteiger charge is -2.08. The average Bonchev–Trinajstić information content (AvgIpc) is 2.90. The van der Waals surface area contributed by atoms with Gasteiger partial charge in [0, 0.05) is 13.1 Å². The molecule has 0 saturated carbocycles. The van der Waals surface area contributed by atoms with Crippen LogP contribution in [0.5, 0.6) is 11.5 Å². The molecule has 1 aliphatic rings. The Morgan fingerprint density at radius 3 is 2.62 bits per heavy atom. The standard InChI is InChI=1S/C15H20N2O4/c1-10(2)7-16-14(18)6-15(19)17-8-11-3-4-12-13(5-11)21-9-20-12/h3-5,10H,6-9H2,1-2H3,(H,16,18)(H,17,19). The van der Waals surface area contributed by atoms with Crippen molar-refractivity contribution in [1.82, 2.24) is 10.6 Å². The summed E-state index contributed by atoms with van der Waals surface area (Å²) in [7, 11) is 0. The average molecular weight is 292 g/mol. The first-order valence-corrected chi connectivity index (χ1v) is 6.96. The Morgan fingerprint density at radius 1 is 1.14 bits per heavy atom. The third-order valence-corrected chi connectivity index (χ3v) is 2.96. The Labute approximate surface area is 123 Å². The zero-order valence-electron chi connectivity index (χ0n) is 12.3. The lowest BCUT2D eigenvalue weighted by molar-refractivity contribution is -0.129. The fourth-order valence-electron chi connectivity index (χ4n) is 1.84. The van der Waals surface area contributed by atoms with Crippen LogP contribution in [0.4, 0.5) is 0 Å². The van der Waals surface area contributed by atoms with Crippen molar-refractivity contribution in [3.05, 3.63) is 23.8 Å². The van der Waals surface area contributed by atoms with Crippen LogP contribution in [0.25, 0.3) is 0 Å². The SMILES string of the molecule is CC(C)CNC(=O)CC(=O)NCc1ccc2c(c1)OCO2. The molecule has 1 aromatic rings. The highest BCUT2D eigenvalue weighted by atomic mass is 16.7. The van der Waals surface area contributed by atoms with Gasteiger partial charge in [-0.3, -0.25) is 9.59 Å². The van der Waals surface area contributed by atoms with Gasteiger partial charge in [-0.05, 0) is 23.6 Å². The Morgan fingerprint density at radius 2 is 1.86 bits per heavy atom. The number of nitrogens with one attached hydrogen (secondary N) is 2. The van der Waals surface area contributed by atoms with Crippen molar-refractivity contribution in [2.75, 3.05) is 13.3 Å². The van der Waals surface area contributed by atoms with Crippen LogP contribution in [0, 0.1) is 5.92 Å². The second kappa shape index (κ2) is 6.97. The summed E-state index contributed by atoms with van der Waals surface area (Å²) in [5, 5.41) is 5.42. The zero-order valence-corrected chi connectivity index (χ0v) is 12.3. The maximum absolute atomic E-state index is 11.7. The summed E-state index contributed by atoms with van der Waals surface area (Å²) in [6.45, 7) is 5.16. The van der Waals surface area contributed by atoms with Crippen molar-refractivity contribution >= 4 is 11.8 Å². The number of hydrogen-bond acceptors (Lipinski definition) is 4. The number of amides is 2. The van der Waals surface area contributed by atoms with Crippen LogP contribution in [0.1, 0.15) is 25.8 Å². The molecule has 0 radical (unpaired) electrons. The summed E-state index contributed by atoms with van der Waals surface area (Å²) < 4.78 is 10.5. The van der Waals surface area contributed by atoms with E-state index in [-0.39, 0.29) is 25.0 Å². The predicted octanol–water partition coefficient (Wildman–Crippen LogP) is 1.19. The van der Waals surface area contributed by atoms with E-state index < -0.39 is 0 Å². The number of benzene rings is 1. The fourth-order valence-corrected chi connectivity index (χ4v) is 1.84. The van der Waals surface area contributed by atoms with Crippen molar-refractivity contribution in [3.63, 3.8) is 0 Å². The number of fused-ring (bicyclic) bond motifs is 1. The Kier molecular flexibility index (Phi) is 5.03. The number of ether oxygens (including phenoxy) is 2. The summed E-state index contributed by atoms with van der Waals surface area (Å²) in [5.74, 6) is 1.20. The third-order valence-electron chi connectivity index (χ3n) is 2.96. The van der Waals surface area contributed by atoms with Crippen molar-refractivity contribution < 1.29 is 19.1 Å². The molecule has 0 aliphatic carbocycles. The van der Waals surface area contributed by atoms with Crippen LogP contribution >= 0.6 is 0 Å². The van der Waals surface area contributed by atoms with Crippen LogP contribution in [0.2, 0.25) is 0 Å². The molecule has 0 spiro atoms. The van der Waals surface area contributed by atoms with Gasteiger partial charge >= 0.3 is 0 Å². The number of carbonyl (C=O) groups excluding carboxylic acids is 2. The molecule has 1 aliphatic heterocycles. The molecule has 2 rings (SSSR count). The van der Waals surface area contributed by atoms with Crippen molar-refractivity contribution in [2.45, 2.75) is 26.8 Å². The van der Waals surface area contributed by atoms with E-state index in [0.29, 0.717) is 30.5 Å². The molecule has 2 N–H and O–H groups in total. The predicted molar refractivity (Wildman–Crippen MR) is 76.9 cm³/mol. The first kappa shape index (κ1) is 15.2. The fraction of sp³-hybridized carbons (Fsp3) is 0.467. The van der Waals surface area contributed by atoms with E-state index in [9.17, 15) is 9.59 Å². The van der Waals surface area contributed by atoms with Gasteiger partial charge in [0.1, 0.15) is 6.42 Å². The molecule has 1 heterocycles. The minimum absolute atomic E-state index is 0.155. The number of hydrogen-bond donors (Lipinski definition) is 2. The van der Waals surface area contributed by atoms with E-state index in [1.165, 1.54) is 0 Å². The molecule has 0 aromatic heterocycles. The maximum atomic E-state index is 11.7. The normalized spacial score (nSPS) is 12.3. The van der Waals surface area contributed by atoms with Gasteiger partial charge in [0.15, 0.2) is 11.5 Å². The maximum Gasteiger partial charge on any atom is 0.231 e. The van der Waals surface area contributed by atoms with Crippen LogP contribution in [-0.2, 0) is 16.1 Å². The smallest absolute Gasteiger partial charge is 0.231 e. The van der Waals surface area contributed by atoms with Gasteiger partial charge in [0.05, 0.1) is 0 Å². The Bertz CT molecular complexity index is 528. The van der Waals surface area contributed by atoms with Crippen LogP contribution in [0.3, 0.4) is 0 Å². The zero-order chi connectivity index (χ0) is 15.2. The van der Waals surface area contributed by atoms with Crippen molar-refractivity contribution in [2.24, 2.45) is 5.92 Å². The van der Waals surface area contributed by atoms with Crippen molar-refractivity contribution in [1.29, 1.82) is 0 Å². The first-order valence-electron chi connectivity index (χ1n) is 6.96. The summed E-state index contributed by atoms with van der Waals surface area (Å²) in [5.41, 5.74) is 0.898. The van der Waals surface area contributed by atoms with Crippen LogP contribution in [0.15, 0.2) is 18.2 Å². The second-order valence-corrected chi connectivity index (χ2v) is 5.34. The molecule has 6 nitrogen and oxygen atoms in total. The molecule has 21 heavy (non-hydrogen) atoms. The second-order valence-electron chi connectivity index (χ2n) is 5.34. The summed E-state index contributed by atoms with van der Waals surface area (Å²) >= 11 is 0. The highest BCUT2D eigenvalue weighted by molar-refractivity contribution is 5.96. The van der Waals surface area contributed by atoms with E-state index in [4.69, 9.17) is 9.47 Å². The van der Waals surface area contributed by atoms with Gasteiger partial charge in [0.2, 0.25) is 18.6 Å². The minimum Gasteiger partial charge on any atom is -0.454 e. The Hall–Kier alpha value is -2.24. The number of carbonyl (C=O) groups is 2. The lowest BCUT2D eigenvalue weighted by Crippen LogP contribution is -2.33. The first-order chi connectivity index (χ1) is 10.0. The van der Waals surface area contributed by atoms with E-state index >= 15 is 0 Å². The summed E-state index contributed by atoms with van der Waals surface area (Å²) in [6, 6.07) is 5.48. The lowest BCUT2D eigenvalue weighted by atomic mass is 10.2. The van der Waals surface area contributed by atoms with Gasteiger partial charge in [0.25, 0.3) is 0 Å². The molecule has 0 unspecified atom stereocenters. The van der Waals surface area contributed by atoms with Gasteiger partial charge in [-0.25, -0.2) is 0 Å². The van der Waals surface area contributed by atoms with E-state index in [2.05, 4.69) is 10.6 Å². The highest BCUT2D eigenvalue weighted by Crippen LogP contribution is 2.32. The molecule has 0 atom stereocenters. The van der Waals surface area contributed by atoms with E-state index in [1.807, 2.05) is 26.0 Å². The quantitative estimate of drug-likeness (QED) is 0.772. The van der Waals surface area contributed by atoms with E-state index in [1.54, 1.807) is 6.07 Å². The molecular weight excluding hydrogens is 272 g/mol. The van der Waals surface area contributed by atoms with Crippen molar-refractivity contribution in [3.8, 4) is 11.5 Å². The topological polar surface area (TPSA) is 76.7 Å². The molecular formula is C15H20N2O4. The van der Waals surface area contributed by atoms with Gasteiger partial charge in [-0.2, -0.15) is 0 Å². The van der Waals surface area contributed by atoms with Gasteiger partial charge in [-0.1, -0.05) is 19.9 Å². The Balaban J connectivity index is 1.75. The third kappa shape index (κ3) is 4.66. The molecule has 1 aromatic carbocycles. The molecule has 0 saturated heterocycles. The van der Waals surface area contributed by atoms with Crippen LogP contribution in [-0.4, -0.2) is 25.2 Å². The summed E-state index contributed by atoms with van der Waals surface area (Å²) in [4.78, 5) is 23.2.